The van der Waals surface area contributed by atoms with Crippen molar-refractivity contribution in [3.8, 4) is 11.1 Å². The molecule has 2 amide bonds. The van der Waals surface area contributed by atoms with Gasteiger partial charge in [0.15, 0.2) is 9.84 Å². The number of anilines is 1. The topological polar surface area (TPSA) is 96.9 Å². The highest BCUT2D eigenvalue weighted by Crippen LogP contribution is 2.26. The minimum absolute atomic E-state index is 0.0636. The number of methoxy groups -OCH3 is 1. The lowest BCUT2D eigenvalue weighted by Crippen LogP contribution is -2.49. The highest BCUT2D eigenvalue weighted by atomic mass is 32.2. The maximum absolute atomic E-state index is 14.9. The minimum atomic E-state index is -3.18. The van der Waals surface area contributed by atoms with Gasteiger partial charge >= 0.3 is 12.0 Å². The Kier molecular flexibility index (Phi) is 7.11. The highest BCUT2D eigenvalue weighted by molar-refractivity contribution is 7.91. The fourth-order valence-electron chi connectivity index (χ4n) is 3.80. The molecule has 0 radical (unpaired) electrons. The molecule has 0 saturated carbocycles. The van der Waals surface area contributed by atoms with Crippen molar-refractivity contribution in [3.05, 3.63) is 83.9 Å². The first-order chi connectivity index (χ1) is 16.8. The molecule has 0 bridgehead atoms. The second kappa shape index (κ2) is 10.2. The zero-order valence-corrected chi connectivity index (χ0v) is 19.9. The van der Waals surface area contributed by atoms with E-state index in [4.69, 9.17) is 0 Å². The molecule has 2 aromatic carbocycles. The Balaban J connectivity index is 1.64. The van der Waals surface area contributed by atoms with Gasteiger partial charge in [0, 0.05) is 36.7 Å². The number of ether oxygens (including phenoxy) is 1. The normalized spacial score (nSPS) is 14.9. The SMILES string of the molecule is COC(=O)c1ccc(CN(C(=O)N2CCS(=O)(=O)CC2)c2ccc(-c3cccnc3)cc2)c(F)c1. The summed E-state index contributed by atoms with van der Waals surface area (Å²) < 4.78 is 43.2. The monoisotopic (exact) mass is 497 g/mol. The second-order valence-corrected chi connectivity index (χ2v) is 10.4. The molecular weight excluding hydrogens is 473 g/mol. The van der Waals surface area contributed by atoms with Crippen LogP contribution in [0.4, 0.5) is 14.9 Å². The van der Waals surface area contributed by atoms with Crippen LogP contribution in [0.1, 0.15) is 15.9 Å². The van der Waals surface area contributed by atoms with Gasteiger partial charge in [0.2, 0.25) is 0 Å². The zero-order valence-electron chi connectivity index (χ0n) is 19.1. The summed E-state index contributed by atoms with van der Waals surface area (Å²) >= 11 is 0. The van der Waals surface area contributed by atoms with Crippen molar-refractivity contribution < 1.29 is 27.1 Å². The molecule has 1 aliphatic rings. The molecule has 8 nitrogen and oxygen atoms in total. The Morgan fingerprint density at radius 1 is 1.06 bits per heavy atom. The fraction of sp³-hybridized carbons (Fsp3) is 0.240. The molecule has 3 aromatic rings. The number of nitrogens with zero attached hydrogens (tertiary/aromatic N) is 3. The molecular formula is C25H24FN3O5S. The second-order valence-electron chi connectivity index (χ2n) is 8.09. The van der Waals surface area contributed by atoms with E-state index in [0.29, 0.717) is 5.69 Å². The van der Waals surface area contributed by atoms with Crippen molar-refractivity contribution in [2.45, 2.75) is 6.54 Å². The van der Waals surface area contributed by atoms with Gasteiger partial charge in [-0.25, -0.2) is 22.4 Å². The van der Waals surface area contributed by atoms with E-state index in [2.05, 4.69) is 9.72 Å². The van der Waals surface area contributed by atoms with Gasteiger partial charge in [-0.3, -0.25) is 9.88 Å². The number of amides is 2. The van der Waals surface area contributed by atoms with Crippen LogP contribution in [-0.2, 0) is 21.1 Å². The zero-order chi connectivity index (χ0) is 25.0. The molecule has 0 atom stereocenters. The van der Waals surface area contributed by atoms with Crippen LogP contribution < -0.4 is 4.90 Å². The van der Waals surface area contributed by atoms with Gasteiger partial charge in [-0.05, 0) is 41.5 Å². The van der Waals surface area contributed by atoms with Crippen LogP contribution in [0.25, 0.3) is 11.1 Å². The van der Waals surface area contributed by atoms with E-state index in [1.807, 2.05) is 24.3 Å². The number of hydrogen-bond acceptors (Lipinski definition) is 6. The third-order valence-electron chi connectivity index (χ3n) is 5.82. The van der Waals surface area contributed by atoms with Crippen molar-refractivity contribution in [3.63, 3.8) is 0 Å². The van der Waals surface area contributed by atoms with E-state index >= 15 is 0 Å². The average Bonchev–Trinajstić information content (AvgIpc) is 2.88. The summed E-state index contributed by atoms with van der Waals surface area (Å²) in [5.74, 6) is -1.55. The van der Waals surface area contributed by atoms with Crippen molar-refractivity contribution in [1.82, 2.24) is 9.88 Å². The molecule has 1 fully saturated rings. The summed E-state index contributed by atoms with van der Waals surface area (Å²) in [6.07, 6.45) is 3.40. The first kappa shape index (κ1) is 24.3. The maximum Gasteiger partial charge on any atom is 0.337 e. The summed E-state index contributed by atoms with van der Waals surface area (Å²) in [6.45, 7) is 0.0198. The van der Waals surface area contributed by atoms with Crippen LogP contribution >= 0.6 is 0 Å². The van der Waals surface area contributed by atoms with Crippen LogP contribution in [-0.4, -0.2) is 62.0 Å². The predicted octanol–water partition coefficient (Wildman–Crippen LogP) is 3.53. The number of sulfone groups is 1. The molecule has 10 heteroatoms. The molecule has 0 spiro atoms. The quantitative estimate of drug-likeness (QED) is 0.501. The molecule has 1 aromatic heterocycles. The van der Waals surface area contributed by atoms with E-state index in [-0.39, 0.29) is 42.3 Å². The van der Waals surface area contributed by atoms with E-state index < -0.39 is 27.7 Å². The molecule has 4 rings (SSSR count). The summed E-state index contributed by atoms with van der Waals surface area (Å²) in [7, 11) is -1.97. The molecule has 35 heavy (non-hydrogen) atoms. The molecule has 1 aliphatic heterocycles. The maximum atomic E-state index is 14.9. The third kappa shape index (κ3) is 5.65. The molecule has 182 valence electrons. The van der Waals surface area contributed by atoms with Crippen molar-refractivity contribution in [2.75, 3.05) is 36.6 Å². The van der Waals surface area contributed by atoms with Gasteiger partial charge in [-0.2, -0.15) is 0 Å². The summed E-state index contributed by atoms with van der Waals surface area (Å²) in [6, 6.07) is 14.4. The molecule has 0 aliphatic carbocycles. The Hall–Kier alpha value is -3.79. The highest BCUT2D eigenvalue weighted by Gasteiger charge is 2.29. The van der Waals surface area contributed by atoms with E-state index in [9.17, 15) is 22.4 Å². The molecule has 2 heterocycles. The van der Waals surface area contributed by atoms with E-state index in [0.717, 1.165) is 17.2 Å². The van der Waals surface area contributed by atoms with E-state index in [1.165, 1.54) is 29.0 Å². The first-order valence-corrected chi connectivity index (χ1v) is 12.7. The fourth-order valence-corrected chi connectivity index (χ4v) is 5.00. The van der Waals surface area contributed by atoms with Crippen LogP contribution in [0.2, 0.25) is 0 Å². The van der Waals surface area contributed by atoms with E-state index in [1.54, 1.807) is 24.5 Å². The van der Waals surface area contributed by atoms with Crippen LogP contribution in [0.15, 0.2) is 67.0 Å². The number of benzene rings is 2. The Morgan fingerprint density at radius 3 is 2.37 bits per heavy atom. The number of urea groups is 1. The molecule has 0 unspecified atom stereocenters. The Bertz CT molecular complexity index is 1320. The number of carbonyl (C=O) groups excluding carboxylic acids is 2. The predicted molar refractivity (Wildman–Crippen MR) is 129 cm³/mol. The van der Waals surface area contributed by atoms with Gasteiger partial charge in [-0.15, -0.1) is 0 Å². The van der Waals surface area contributed by atoms with Crippen molar-refractivity contribution in [2.24, 2.45) is 0 Å². The number of aromatic nitrogens is 1. The van der Waals surface area contributed by atoms with Crippen LogP contribution in [0.5, 0.6) is 0 Å². The van der Waals surface area contributed by atoms with Gasteiger partial charge < -0.3 is 9.64 Å². The smallest absolute Gasteiger partial charge is 0.337 e. The van der Waals surface area contributed by atoms with Crippen molar-refractivity contribution in [1.29, 1.82) is 0 Å². The number of carbonyl (C=O) groups is 2. The first-order valence-electron chi connectivity index (χ1n) is 10.9. The van der Waals surface area contributed by atoms with Crippen molar-refractivity contribution >= 4 is 27.5 Å². The van der Waals surface area contributed by atoms with Gasteiger partial charge in [0.25, 0.3) is 0 Å². The summed E-state index contributed by atoms with van der Waals surface area (Å²) in [4.78, 5) is 32.2. The lowest BCUT2D eigenvalue weighted by atomic mass is 10.1. The Morgan fingerprint density at radius 2 is 1.77 bits per heavy atom. The minimum Gasteiger partial charge on any atom is -0.465 e. The average molecular weight is 498 g/mol. The lowest BCUT2D eigenvalue weighted by Gasteiger charge is -2.33. The number of hydrogen-bond donors (Lipinski definition) is 0. The number of esters is 1. The molecule has 0 N–H and O–H groups in total. The van der Waals surface area contributed by atoms with Crippen LogP contribution in [0, 0.1) is 5.82 Å². The molecule has 1 saturated heterocycles. The third-order valence-corrected chi connectivity index (χ3v) is 7.43. The largest absolute Gasteiger partial charge is 0.465 e. The Labute approximate surface area is 202 Å². The lowest BCUT2D eigenvalue weighted by molar-refractivity contribution is 0.0600. The summed E-state index contributed by atoms with van der Waals surface area (Å²) in [5.41, 5.74) is 2.59. The summed E-state index contributed by atoms with van der Waals surface area (Å²) in [5, 5.41) is 0. The number of rotatable bonds is 5. The van der Waals surface area contributed by atoms with Gasteiger partial charge in [-0.1, -0.05) is 24.3 Å². The number of pyridine rings is 1. The number of halogens is 1. The van der Waals surface area contributed by atoms with Crippen LogP contribution in [0.3, 0.4) is 0 Å². The van der Waals surface area contributed by atoms with Gasteiger partial charge in [0.05, 0.1) is 30.7 Å². The standard InChI is InChI=1S/C25H24FN3O5S/c1-34-24(30)19-4-5-21(23(26)15-19)17-29(25(31)28-11-13-35(32,33)14-12-28)22-8-6-18(7-9-22)20-3-2-10-27-16-20/h2-10,15-16H,11-14,17H2,1H3. The van der Waals surface area contributed by atoms with Gasteiger partial charge in [0.1, 0.15) is 5.82 Å².